The fourth-order valence-corrected chi connectivity index (χ4v) is 3.60. The molecule has 1 aromatic rings. The first-order valence-corrected chi connectivity index (χ1v) is 6.84. The second-order valence-corrected chi connectivity index (χ2v) is 5.51. The molecule has 3 N–H and O–H groups in total. The van der Waals surface area contributed by atoms with Gasteiger partial charge in [-0.1, -0.05) is 12.8 Å². The Morgan fingerprint density at radius 2 is 2.00 bits per heavy atom. The summed E-state index contributed by atoms with van der Waals surface area (Å²) < 4.78 is 0. The Morgan fingerprint density at radius 1 is 1.24 bits per heavy atom. The van der Waals surface area contributed by atoms with Crippen molar-refractivity contribution in [2.45, 2.75) is 51.5 Å². The molecule has 1 saturated heterocycles. The number of piperidine rings is 1. The lowest BCUT2D eigenvalue weighted by atomic mass is 9.78. The van der Waals surface area contributed by atoms with Crippen LogP contribution in [0.15, 0.2) is 0 Å². The van der Waals surface area contributed by atoms with E-state index in [1.165, 1.54) is 38.5 Å². The Hall–Kier alpha value is -1.19. The van der Waals surface area contributed by atoms with E-state index in [0.29, 0.717) is 6.04 Å². The average molecular weight is 234 g/mol. The molecular weight excluding hydrogens is 212 g/mol. The Morgan fingerprint density at radius 3 is 2.76 bits per heavy atom. The molecule has 2 unspecified atom stereocenters. The van der Waals surface area contributed by atoms with Crippen LogP contribution >= 0.6 is 0 Å². The highest BCUT2D eigenvalue weighted by Crippen LogP contribution is 2.38. The van der Waals surface area contributed by atoms with Crippen LogP contribution in [-0.4, -0.2) is 22.6 Å². The standard InChI is InChI=1S/C13H22N4/c1-9-15-12(14)13(16-9)17-8-4-6-10-5-2-3-7-11(10)17/h10-11H,2-8,14H2,1H3,(H,15,16). The van der Waals surface area contributed by atoms with Crippen LogP contribution in [0.5, 0.6) is 0 Å². The molecule has 17 heavy (non-hydrogen) atoms. The molecule has 0 radical (unpaired) electrons. The number of hydrogen-bond acceptors (Lipinski definition) is 3. The van der Waals surface area contributed by atoms with E-state index >= 15 is 0 Å². The molecule has 3 rings (SSSR count). The number of nitrogens with one attached hydrogen (secondary N) is 1. The number of rotatable bonds is 1. The van der Waals surface area contributed by atoms with Crippen molar-refractivity contribution in [2.24, 2.45) is 5.92 Å². The van der Waals surface area contributed by atoms with Crippen LogP contribution in [0.1, 0.15) is 44.3 Å². The number of nitrogen functional groups attached to an aromatic ring is 1. The molecule has 1 saturated carbocycles. The summed E-state index contributed by atoms with van der Waals surface area (Å²) in [5.74, 6) is 3.54. The number of fused-ring (bicyclic) bond motifs is 1. The fourth-order valence-electron chi connectivity index (χ4n) is 3.60. The normalized spacial score (nSPS) is 29.1. The van der Waals surface area contributed by atoms with E-state index in [4.69, 9.17) is 5.73 Å². The van der Waals surface area contributed by atoms with Crippen molar-refractivity contribution in [3.05, 3.63) is 5.82 Å². The minimum atomic E-state index is 0.683. The first-order chi connectivity index (χ1) is 8.25. The van der Waals surface area contributed by atoms with Crippen molar-refractivity contribution >= 4 is 11.6 Å². The van der Waals surface area contributed by atoms with Crippen molar-refractivity contribution in [1.82, 2.24) is 9.97 Å². The summed E-state index contributed by atoms with van der Waals surface area (Å²) in [4.78, 5) is 10.2. The molecule has 1 aliphatic heterocycles. The molecule has 1 aliphatic carbocycles. The average Bonchev–Trinajstić information content (AvgIpc) is 2.68. The van der Waals surface area contributed by atoms with Crippen molar-refractivity contribution in [2.75, 3.05) is 17.2 Å². The number of imidazole rings is 1. The smallest absolute Gasteiger partial charge is 0.171 e. The fraction of sp³-hybridized carbons (Fsp3) is 0.769. The minimum absolute atomic E-state index is 0.683. The summed E-state index contributed by atoms with van der Waals surface area (Å²) >= 11 is 0. The van der Waals surface area contributed by atoms with Gasteiger partial charge in [0.05, 0.1) is 0 Å². The van der Waals surface area contributed by atoms with Crippen molar-refractivity contribution in [3.63, 3.8) is 0 Å². The highest BCUT2D eigenvalue weighted by atomic mass is 15.3. The molecule has 0 aromatic carbocycles. The number of aromatic amines is 1. The number of nitrogens with zero attached hydrogens (tertiary/aromatic N) is 2. The zero-order chi connectivity index (χ0) is 11.8. The molecule has 2 fully saturated rings. The second kappa shape index (κ2) is 4.24. The maximum atomic E-state index is 6.03. The molecule has 2 heterocycles. The van der Waals surface area contributed by atoms with Gasteiger partial charge >= 0.3 is 0 Å². The molecule has 0 bridgehead atoms. The van der Waals surface area contributed by atoms with Gasteiger partial charge in [0.1, 0.15) is 11.6 Å². The molecule has 4 heteroatoms. The van der Waals surface area contributed by atoms with Gasteiger partial charge in [0, 0.05) is 12.6 Å². The SMILES string of the molecule is Cc1nc(N2CCCC3CCCCC32)c(N)[nH]1. The molecule has 2 aliphatic rings. The first-order valence-electron chi connectivity index (χ1n) is 6.84. The number of H-pyrrole nitrogens is 1. The van der Waals surface area contributed by atoms with Gasteiger partial charge in [0.2, 0.25) is 0 Å². The van der Waals surface area contributed by atoms with E-state index in [9.17, 15) is 0 Å². The van der Waals surface area contributed by atoms with Crippen LogP contribution < -0.4 is 10.6 Å². The van der Waals surface area contributed by atoms with Gasteiger partial charge in [-0.3, -0.25) is 0 Å². The number of anilines is 2. The summed E-state index contributed by atoms with van der Waals surface area (Å²) in [6.45, 7) is 3.10. The maximum absolute atomic E-state index is 6.03. The Balaban J connectivity index is 1.88. The van der Waals surface area contributed by atoms with E-state index in [1.807, 2.05) is 6.92 Å². The van der Waals surface area contributed by atoms with Crippen LogP contribution in [0.25, 0.3) is 0 Å². The summed E-state index contributed by atoms with van der Waals surface area (Å²) in [5, 5.41) is 0. The molecule has 2 atom stereocenters. The van der Waals surface area contributed by atoms with E-state index in [2.05, 4.69) is 14.9 Å². The van der Waals surface area contributed by atoms with Crippen molar-refractivity contribution in [3.8, 4) is 0 Å². The van der Waals surface area contributed by atoms with Gasteiger partial charge in [0.15, 0.2) is 5.82 Å². The van der Waals surface area contributed by atoms with Crippen molar-refractivity contribution < 1.29 is 0 Å². The number of aromatic nitrogens is 2. The zero-order valence-corrected chi connectivity index (χ0v) is 10.6. The molecule has 0 amide bonds. The third-order valence-electron chi connectivity index (χ3n) is 4.35. The molecule has 94 valence electrons. The quantitative estimate of drug-likeness (QED) is 0.784. The lowest BCUT2D eigenvalue weighted by molar-refractivity contribution is 0.243. The maximum Gasteiger partial charge on any atom is 0.171 e. The lowest BCUT2D eigenvalue weighted by Crippen LogP contribution is -2.47. The Bertz CT molecular complexity index is 396. The van der Waals surface area contributed by atoms with Gasteiger partial charge in [-0.25, -0.2) is 4.98 Å². The van der Waals surface area contributed by atoms with E-state index < -0.39 is 0 Å². The third-order valence-corrected chi connectivity index (χ3v) is 4.35. The molecule has 1 aromatic heterocycles. The lowest BCUT2D eigenvalue weighted by Gasteiger charge is -2.44. The largest absolute Gasteiger partial charge is 0.382 e. The van der Waals surface area contributed by atoms with Gasteiger partial charge in [-0.15, -0.1) is 0 Å². The molecular formula is C13H22N4. The van der Waals surface area contributed by atoms with Crippen LogP contribution in [0.4, 0.5) is 11.6 Å². The topological polar surface area (TPSA) is 57.9 Å². The van der Waals surface area contributed by atoms with Crippen LogP contribution in [0.2, 0.25) is 0 Å². The van der Waals surface area contributed by atoms with Gasteiger partial charge in [-0.05, 0) is 38.5 Å². The summed E-state index contributed by atoms with van der Waals surface area (Å²) in [5.41, 5.74) is 6.03. The predicted molar refractivity (Wildman–Crippen MR) is 70.1 cm³/mol. The van der Waals surface area contributed by atoms with E-state index in [1.54, 1.807) is 0 Å². The zero-order valence-electron chi connectivity index (χ0n) is 10.6. The summed E-state index contributed by atoms with van der Waals surface area (Å²) in [6.07, 6.45) is 8.16. The van der Waals surface area contributed by atoms with Crippen LogP contribution in [0.3, 0.4) is 0 Å². The molecule has 4 nitrogen and oxygen atoms in total. The van der Waals surface area contributed by atoms with Crippen molar-refractivity contribution in [1.29, 1.82) is 0 Å². The van der Waals surface area contributed by atoms with E-state index in [-0.39, 0.29) is 0 Å². The predicted octanol–water partition coefficient (Wildman–Crippen LogP) is 2.46. The molecule has 0 spiro atoms. The first kappa shape index (κ1) is 10.9. The number of hydrogen-bond donors (Lipinski definition) is 2. The summed E-state index contributed by atoms with van der Waals surface area (Å²) in [7, 11) is 0. The third kappa shape index (κ3) is 1.90. The highest BCUT2D eigenvalue weighted by molar-refractivity contribution is 5.60. The highest BCUT2D eigenvalue weighted by Gasteiger charge is 2.34. The van der Waals surface area contributed by atoms with Gasteiger partial charge in [-0.2, -0.15) is 0 Å². The van der Waals surface area contributed by atoms with Gasteiger partial charge in [0.25, 0.3) is 0 Å². The monoisotopic (exact) mass is 234 g/mol. The van der Waals surface area contributed by atoms with Crippen LogP contribution in [0, 0.1) is 12.8 Å². The Labute approximate surface area is 103 Å². The minimum Gasteiger partial charge on any atom is -0.382 e. The Kier molecular flexibility index (Phi) is 2.73. The van der Waals surface area contributed by atoms with Gasteiger partial charge < -0.3 is 15.6 Å². The second-order valence-electron chi connectivity index (χ2n) is 5.51. The number of aryl methyl sites for hydroxylation is 1. The van der Waals surface area contributed by atoms with Crippen LogP contribution in [-0.2, 0) is 0 Å². The number of nitrogens with two attached hydrogens (primary N) is 1. The summed E-state index contributed by atoms with van der Waals surface area (Å²) in [6, 6.07) is 0.683. The van der Waals surface area contributed by atoms with E-state index in [0.717, 1.165) is 29.9 Å².